The van der Waals surface area contributed by atoms with Crippen molar-refractivity contribution in [2.45, 2.75) is 18.9 Å². The van der Waals surface area contributed by atoms with Gasteiger partial charge in [0.1, 0.15) is 0 Å². The second kappa shape index (κ2) is 5.72. The first kappa shape index (κ1) is 12.0. The topological polar surface area (TPSA) is 15.7 Å². The summed E-state index contributed by atoms with van der Waals surface area (Å²) in [4.78, 5) is 5.03. The van der Waals surface area contributed by atoms with Gasteiger partial charge in [-0.3, -0.25) is 4.90 Å². The monoisotopic (exact) mass is 246 g/mol. The molecule has 3 rings (SSSR count). The third-order valence-electron chi connectivity index (χ3n) is 3.98. The van der Waals surface area contributed by atoms with Crippen molar-refractivity contribution in [1.82, 2.24) is 4.90 Å². The molecule has 1 unspecified atom stereocenters. The molecule has 0 bridgehead atoms. The normalized spacial score (nSPS) is 25.6. The fourth-order valence-electron chi connectivity index (χ4n) is 2.90. The molecule has 3 heteroatoms. The van der Waals surface area contributed by atoms with Crippen LogP contribution in [-0.2, 0) is 4.74 Å². The minimum Gasteiger partial charge on any atom is -0.377 e. The van der Waals surface area contributed by atoms with E-state index in [1.54, 1.807) is 0 Å². The van der Waals surface area contributed by atoms with E-state index in [1.165, 1.54) is 18.5 Å². The van der Waals surface area contributed by atoms with Crippen LogP contribution in [0.5, 0.6) is 0 Å². The number of para-hydroxylation sites is 1. The molecule has 0 N–H and O–H groups in total. The molecule has 3 nitrogen and oxygen atoms in total. The summed E-state index contributed by atoms with van der Waals surface area (Å²) < 4.78 is 5.71. The lowest BCUT2D eigenvalue weighted by Crippen LogP contribution is -2.48. The van der Waals surface area contributed by atoms with Crippen LogP contribution >= 0.6 is 0 Å². The van der Waals surface area contributed by atoms with Crippen LogP contribution in [0.2, 0.25) is 0 Å². The van der Waals surface area contributed by atoms with Gasteiger partial charge in [0.2, 0.25) is 0 Å². The quantitative estimate of drug-likeness (QED) is 0.811. The predicted molar refractivity (Wildman–Crippen MR) is 74.1 cm³/mol. The zero-order chi connectivity index (χ0) is 12.2. The van der Waals surface area contributed by atoms with Crippen molar-refractivity contribution >= 4 is 5.69 Å². The van der Waals surface area contributed by atoms with E-state index in [-0.39, 0.29) is 0 Å². The van der Waals surface area contributed by atoms with Crippen LogP contribution in [0.15, 0.2) is 30.3 Å². The Morgan fingerprint density at radius 1 is 1.06 bits per heavy atom. The van der Waals surface area contributed by atoms with Crippen molar-refractivity contribution < 1.29 is 4.74 Å². The first-order valence-corrected chi connectivity index (χ1v) is 7.06. The Bertz CT molecular complexity index is 354. The van der Waals surface area contributed by atoms with Gasteiger partial charge in [-0.1, -0.05) is 18.2 Å². The number of hydrogen-bond donors (Lipinski definition) is 0. The van der Waals surface area contributed by atoms with Gasteiger partial charge in [-0.25, -0.2) is 0 Å². The van der Waals surface area contributed by atoms with Crippen LogP contribution in [0.4, 0.5) is 5.69 Å². The molecule has 2 heterocycles. The lowest BCUT2D eigenvalue weighted by molar-refractivity contribution is 0.0713. The Balaban J connectivity index is 1.49. The Labute approximate surface area is 109 Å². The molecule has 98 valence electrons. The minimum atomic E-state index is 0.494. The first-order chi connectivity index (χ1) is 8.92. The molecule has 1 aromatic carbocycles. The Morgan fingerprint density at radius 2 is 1.83 bits per heavy atom. The van der Waals surface area contributed by atoms with Crippen molar-refractivity contribution in [3.05, 3.63) is 30.3 Å². The van der Waals surface area contributed by atoms with E-state index >= 15 is 0 Å². The maximum absolute atomic E-state index is 5.71. The molecule has 0 spiro atoms. The largest absolute Gasteiger partial charge is 0.377 e. The van der Waals surface area contributed by atoms with E-state index in [2.05, 4.69) is 40.1 Å². The summed E-state index contributed by atoms with van der Waals surface area (Å²) in [5.41, 5.74) is 1.36. The lowest BCUT2D eigenvalue weighted by atomic mass is 10.2. The summed E-state index contributed by atoms with van der Waals surface area (Å²) in [6, 6.07) is 10.7. The van der Waals surface area contributed by atoms with Crippen LogP contribution < -0.4 is 4.90 Å². The van der Waals surface area contributed by atoms with Gasteiger partial charge < -0.3 is 9.64 Å². The molecule has 0 radical (unpaired) electrons. The zero-order valence-electron chi connectivity index (χ0n) is 10.9. The third-order valence-corrected chi connectivity index (χ3v) is 3.98. The summed E-state index contributed by atoms with van der Waals surface area (Å²) in [6.45, 7) is 6.69. The van der Waals surface area contributed by atoms with Crippen LogP contribution in [-0.4, -0.2) is 50.3 Å². The Morgan fingerprint density at radius 3 is 2.50 bits per heavy atom. The number of anilines is 1. The van der Waals surface area contributed by atoms with Gasteiger partial charge in [0.25, 0.3) is 0 Å². The highest BCUT2D eigenvalue weighted by molar-refractivity contribution is 5.46. The van der Waals surface area contributed by atoms with Crippen molar-refractivity contribution in [1.29, 1.82) is 0 Å². The Kier molecular flexibility index (Phi) is 3.81. The van der Waals surface area contributed by atoms with Crippen molar-refractivity contribution in [2.24, 2.45) is 0 Å². The second-order valence-electron chi connectivity index (χ2n) is 5.26. The molecule has 18 heavy (non-hydrogen) atoms. The highest BCUT2D eigenvalue weighted by Gasteiger charge is 2.22. The molecule has 1 atom stereocenters. The molecule has 2 saturated heterocycles. The van der Waals surface area contributed by atoms with E-state index in [4.69, 9.17) is 4.74 Å². The standard InChI is InChI=1S/C15H22N2O/c1-2-5-14(6-3-1)17-10-8-16(9-11-17)13-15-7-4-12-18-15/h1-3,5-6,15H,4,7-13H2. The van der Waals surface area contributed by atoms with Gasteiger partial charge in [0, 0.05) is 45.0 Å². The zero-order valence-corrected chi connectivity index (χ0v) is 10.9. The number of benzene rings is 1. The molecule has 0 aromatic heterocycles. The van der Waals surface area contributed by atoms with Gasteiger partial charge in [0.05, 0.1) is 6.10 Å². The molecule has 0 saturated carbocycles. The number of nitrogens with zero attached hydrogens (tertiary/aromatic N) is 2. The van der Waals surface area contributed by atoms with E-state index < -0.39 is 0 Å². The summed E-state index contributed by atoms with van der Waals surface area (Å²) >= 11 is 0. The SMILES string of the molecule is c1ccc(N2CCN(CC3CCCO3)CC2)cc1. The van der Waals surface area contributed by atoms with Crippen LogP contribution in [0, 0.1) is 0 Å². The number of ether oxygens (including phenoxy) is 1. The highest BCUT2D eigenvalue weighted by atomic mass is 16.5. The molecular weight excluding hydrogens is 224 g/mol. The van der Waals surface area contributed by atoms with Crippen molar-refractivity contribution in [3.63, 3.8) is 0 Å². The molecule has 2 aliphatic heterocycles. The van der Waals surface area contributed by atoms with E-state index in [1.807, 2.05) is 0 Å². The summed E-state index contributed by atoms with van der Waals surface area (Å²) in [6.07, 6.45) is 2.99. The Hall–Kier alpha value is -1.06. The van der Waals surface area contributed by atoms with Gasteiger partial charge in [-0.2, -0.15) is 0 Å². The molecule has 2 fully saturated rings. The smallest absolute Gasteiger partial charge is 0.0702 e. The summed E-state index contributed by atoms with van der Waals surface area (Å²) in [5.74, 6) is 0. The van der Waals surface area contributed by atoms with Crippen LogP contribution in [0.25, 0.3) is 0 Å². The third kappa shape index (κ3) is 2.85. The maximum atomic E-state index is 5.71. The van der Waals surface area contributed by atoms with E-state index in [9.17, 15) is 0 Å². The van der Waals surface area contributed by atoms with Gasteiger partial charge in [-0.15, -0.1) is 0 Å². The fourth-order valence-corrected chi connectivity index (χ4v) is 2.90. The lowest BCUT2D eigenvalue weighted by Gasteiger charge is -2.37. The molecule has 1 aromatic rings. The first-order valence-electron chi connectivity index (χ1n) is 7.06. The van der Waals surface area contributed by atoms with Crippen LogP contribution in [0.3, 0.4) is 0 Å². The van der Waals surface area contributed by atoms with Crippen LogP contribution in [0.1, 0.15) is 12.8 Å². The molecule has 2 aliphatic rings. The summed E-state index contributed by atoms with van der Waals surface area (Å²) in [5, 5.41) is 0. The van der Waals surface area contributed by atoms with Crippen molar-refractivity contribution in [2.75, 3.05) is 44.2 Å². The number of piperazine rings is 1. The summed E-state index contributed by atoms with van der Waals surface area (Å²) in [7, 11) is 0. The predicted octanol–water partition coefficient (Wildman–Crippen LogP) is 1.99. The van der Waals surface area contributed by atoms with E-state index in [0.29, 0.717) is 6.10 Å². The van der Waals surface area contributed by atoms with Gasteiger partial charge in [-0.05, 0) is 25.0 Å². The number of rotatable bonds is 3. The van der Waals surface area contributed by atoms with E-state index in [0.717, 1.165) is 39.3 Å². The average Bonchev–Trinajstić information content (AvgIpc) is 2.94. The van der Waals surface area contributed by atoms with Gasteiger partial charge >= 0.3 is 0 Å². The maximum Gasteiger partial charge on any atom is 0.0702 e. The molecule has 0 aliphatic carbocycles. The fraction of sp³-hybridized carbons (Fsp3) is 0.600. The highest BCUT2D eigenvalue weighted by Crippen LogP contribution is 2.18. The molecule has 0 amide bonds. The van der Waals surface area contributed by atoms with Crippen molar-refractivity contribution in [3.8, 4) is 0 Å². The average molecular weight is 246 g/mol. The second-order valence-corrected chi connectivity index (χ2v) is 5.26. The minimum absolute atomic E-state index is 0.494. The van der Waals surface area contributed by atoms with Gasteiger partial charge in [0.15, 0.2) is 0 Å². The number of hydrogen-bond acceptors (Lipinski definition) is 3. The molecular formula is C15H22N2O.